The quantitative estimate of drug-likeness (QED) is 0.0277. The standard InChI is InChI=1S/C51H64F6N6/c1-3-5-7-9-11-13-15-21-31-62(47-33-37-23-17-19-25-43(37)60-47)45-29-27-39(35-41(45)58)49(50(52,53)54,51(55,56)57)40-28-30-46(42(59)36-40)63(32-22-16-14-12-10-8-6-4-2)48-34-38-24-18-20-26-44(38)61-48/h17-20,23-30,33-36,60-61H,3-16,21-22,31-32,58-59H2,1-2H3. The van der Waals surface area contributed by atoms with Crippen molar-refractivity contribution in [2.45, 2.75) is 134 Å². The summed E-state index contributed by atoms with van der Waals surface area (Å²) in [7, 11) is 0. The SMILES string of the molecule is CCCCCCCCCCN(c1cc2ccccc2[nH]1)c1ccc(C(c2ccc(N(CCCCCCCCCC)c3cc4ccccc4[nH]3)c(N)c2)(C(F)(F)F)C(F)(F)F)cc1N. The van der Waals surface area contributed by atoms with E-state index in [-0.39, 0.29) is 11.4 Å². The first-order chi connectivity index (χ1) is 30.3. The van der Waals surface area contributed by atoms with Crippen molar-refractivity contribution >= 4 is 56.2 Å². The molecule has 0 aliphatic rings. The summed E-state index contributed by atoms with van der Waals surface area (Å²) in [4.78, 5) is 10.5. The number of fused-ring (bicyclic) bond motifs is 2. The van der Waals surface area contributed by atoms with Crippen molar-refractivity contribution in [3.63, 3.8) is 0 Å². The normalized spacial score (nSPS) is 12.4. The number of aromatic amines is 2. The minimum Gasteiger partial charge on any atom is -0.397 e. The van der Waals surface area contributed by atoms with E-state index in [0.29, 0.717) is 36.1 Å². The molecule has 0 aliphatic heterocycles. The predicted octanol–water partition coefficient (Wildman–Crippen LogP) is 15.8. The van der Waals surface area contributed by atoms with Gasteiger partial charge in [0.1, 0.15) is 11.6 Å². The second kappa shape index (κ2) is 21.4. The summed E-state index contributed by atoms with van der Waals surface area (Å²) in [5, 5.41) is 1.83. The maximum Gasteiger partial charge on any atom is 0.411 e. The molecule has 0 amide bonds. The lowest BCUT2D eigenvalue weighted by molar-refractivity contribution is -0.288. The molecular weight excluding hydrogens is 811 g/mol. The van der Waals surface area contributed by atoms with Crippen LogP contribution in [0.2, 0.25) is 0 Å². The second-order valence-corrected chi connectivity index (χ2v) is 17.0. The van der Waals surface area contributed by atoms with Gasteiger partial charge >= 0.3 is 12.4 Å². The third-order valence-electron chi connectivity index (χ3n) is 12.4. The van der Waals surface area contributed by atoms with E-state index < -0.39 is 28.9 Å². The number of benzene rings is 4. The number of unbranched alkanes of at least 4 members (excludes halogenated alkanes) is 14. The maximum atomic E-state index is 15.6. The molecule has 0 spiro atoms. The molecule has 6 nitrogen and oxygen atoms in total. The number of nitrogens with zero attached hydrogens (tertiary/aromatic N) is 2. The van der Waals surface area contributed by atoms with E-state index in [9.17, 15) is 0 Å². The minimum absolute atomic E-state index is 0.205. The zero-order valence-electron chi connectivity index (χ0n) is 36.8. The van der Waals surface area contributed by atoms with Gasteiger partial charge in [-0.2, -0.15) is 26.3 Å². The Hall–Kier alpha value is -5.26. The fourth-order valence-electron chi connectivity index (χ4n) is 9.01. The molecule has 6 N–H and O–H groups in total. The Kier molecular flexibility index (Phi) is 16.0. The van der Waals surface area contributed by atoms with E-state index in [0.717, 1.165) is 123 Å². The molecule has 0 fully saturated rings. The van der Waals surface area contributed by atoms with E-state index in [1.54, 1.807) is 0 Å². The Bertz CT molecular complexity index is 2110. The molecule has 0 bridgehead atoms. The number of aromatic nitrogens is 2. The number of nitrogens with two attached hydrogens (primary N) is 2. The van der Waals surface area contributed by atoms with Gasteiger partial charge in [0.05, 0.1) is 22.7 Å². The number of H-pyrrole nitrogens is 2. The lowest BCUT2D eigenvalue weighted by Crippen LogP contribution is -2.54. The second-order valence-electron chi connectivity index (χ2n) is 17.0. The van der Waals surface area contributed by atoms with E-state index in [2.05, 4.69) is 23.8 Å². The van der Waals surface area contributed by atoms with Crippen LogP contribution in [-0.4, -0.2) is 35.4 Å². The van der Waals surface area contributed by atoms with Gasteiger partial charge in [-0.3, -0.25) is 0 Å². The number of nitrogen functional groups attached to an aromatic ring is 2. The molecule has 4 aromatic carbocycles. The van der Waals surface area contributed by atoms with Crippen LogP contribution < -0.4 is 21.3 Å². The van der Waals surface area contributed by atoms with Crippen LogP contribution in [0.1, 0.15) is 128 Å². The molecule has 63 heavy (non-hydrogen) atoms. The van der Waals surface area contributed by atoms with Crippen molar-refractivity contribution in [1.82, 2.24) is 9.97 Å². The Balaban J connectivity index is 1.34. The van der Waals surface area contributed by atoms with Gasteiger partial charge in [0.25, 0.3) is 0 Å². The number of rotatable bonds is 24. The smallest absolute Gasteiger partial charge is 0.397 e. The first-order valence-electron chi connectivity index (χ1n) is 22.9. The highest BCUT2D eigenvalue weighted by molar-refractivity contribution is 5.88. The van der Waals surface area contributed by atoms with Crippen LogP contribution in [0.15, 0.2) is 97.1 Å². The highest BCUT2D eigenvalue weighted by atomic mass is 19.4. The van der Waals surface area contributed by atoms with Gasteiger partial charge in [-0.15, -0.1) is 0 Å². The number of para-hydroxylation sites is 2. The van der Waals surface area contributed by atoms with Gasteiger partial charge in [0, 0.05) is 34.9 Å². The van der Waals surface area contributed by atoms with Crippen LogP contribution in [0.4, 0.5) is 60.7 Å². The summed E-state index contributed by atoms with van der Waals surface area (Å²) >= 11 is 0. The predicted molar refractivity (Wildman–Crippen MR) is 250 cm³/mol. The highest BCUT2D eigenvalue weighted by Crippen LogP contribution is 2.57. The minimum atomic E-state index is -5.82. The lowest BCUT2D eigenvalue weighted by Gasteiger charge is -2.39. The zero-order chi connectivity index (χ0) is 45.0. The fraction of sp³-hybridized carbons (Fsp3) is 0.451. The molecule has 0 saturated heterocycles. The number of halogens is 6. The zero-order valence-corrected chi connectivity index (χ0v) is 36.8. The molecule has 6 aromatic rings. The van der Waals surface area contributed by atoms with E-state index in [4.69, 9.17) is 11.5 Å². The molecule has 6 rings (SSSR count). The van der Waals surface area contributed by atoms with Gasteiger partial charge in [-0.25, -0.2) is 0 Å². The molecule has 2 aromatic heterocycles. The van der Waals surface area contributed by atoms with E-state index in [1.807, 2.05) is 70.5 Å². The topological polar surface area (TPSA) is 90.1 Å². The van der Waals surface area contributed by atoms with Crippen molar-refractivity contribution in [3.05, 3.63) is 108 Å². The third kappa shape index (κ3) is 10.9. The molecule has 0 unspecified atom stereocenters. The molecule has 12 heteroatoms. The molecule has 0 radical (unpaired) electrons. The lowest BCUT2D eigenvalue weighted by atomic mass is 9.72. The van der Waals surface area contributed by atoms with Crippen molar-refractivity contribution in [2.24, 2.45) is 0 Å². The highest BCUT2D eigenvalue weighted by Gasteiger charge is 2.72. The summed E-state index contributed by atoms with van der Waals surface area (Å²) in [6, 6.07) is 25.2. The Labute approximate surface area is 368 Å². The molecule has 0 saturated carbocycles. The van der Waals surface area contributed by atoms with Crippen LogP contribution >= 0.6 is 0 Å². The van der Waals surface area contributed by atoms with Crippen molar-refractivity contribution in [2.75, 3.05) is 34.4 Å². The van der Waals surface area contributed by atoms with Crippen LogP contribution in [0.3, 0.4) is 0 Å². The van der Waals surface area contributed by atoms with Gasteiger partial charge in [-0.05, 0) is 72.5 Å². The van der Waals surface area contributed by atoms with Crippen molar-refractivity contribution in [1.29, 1.82) is 0 Å². The average molecular weight is 875 g/mol. The van der Waals surface area contributed by atoms with Crippen molar-refractivity contribution < 1.29 is 26.3 Å². The molecule has 340 valence electrons. The number of nitrogens with one attached hydrogen (secondary N) is 2. The van der Waals surface area contributed by atoms with Gasteiger partial charge in [0.15, 0.2) is 0 Å². The van der Waals surface area contributed by atoms with Crippen LogP contribution in [0.25, 0.3) is 21.8 Å². The van der Waals surface area contributed by atoms with Gasteiger partial charge < -0.3 is 31.2 Å². The van der Waals surface area contributed by atoms with Gasteiger partial charge in [0.2, 0.25) is 5.41 Å². The molecule has 2 heterocycles. The molecule has 0 aliphatic carbocycles. The average Bonchev–Trinajstić information content (AvgIpc) is 3.87. The first-order valence-corrected chi connectivity index (χ1v) is 22.9. The van der Waals surface area contributed by atoms with E-state index in [1.165, 1.54) is 37.8 Å². The Morgan fingerprint density at radius 3 is 1.13 bits per heavy atom. The summed E-state index contributed by atoms with van der Waals surface area (Å²) < 4.78 is 93.8. The largest absolute Gasteiger partial charge is 0.411 e. The van der Waals surface area contributed by atoms with Crippen LogP contribution in [-0.2, 0) is 5.41 Å². The number of hydrogen-bond acceptors (Lipinski definition) is 4. The number of anilines is 6. The summed E-state index contributed by atoms with van der Waals surface area (Å²) in [5.74, 6) is 1.29. The van der Waals surface area contributed by atoms with Crippen LogP contribution in [0, 0.1) is 0 Å². The Morgan fingerprint density at radius 1 is 0.444 bits per heavy atom. The van der Waals surface area contributed by atoms with Crippen molar-refractivity contribution in [3.8, 4) is 0 Å². The monoisotopic (exact) mass is 875 g/mol. The summed E-state index contributed by atoms with van der Waals surface area (Å²) in [6.45, 7) is 5.27. The van der Waals surface area contributed by atoms with E-state index >= 15 is 26.3 Å². The van der Waals surface area contributed by atoms with Gasteiger partial charge in [-0.1, -0.05) is 152 Å². The summed E-state index contributed by atoms with van der Waals surface area (Å²) in [5.41, 5.74) is 8.56. The molecule has 0 atom stereocenters. The fourth-order valence-corrected chi connectivity index (χ4v) is 9.01. The number of alkyl halides is 6. The Morgan fingerprint density at radius 2 is 0.794 bits per heavy atom. The summed E-state index contributed by atoms with van der Waals surface area (Å²) in [6.07, 6.45) is 5.38. The van der Waals surface area contributed by atoms with Crippen LogP contribution in [0.5, 0.6) is 0 Å². The molecular formula is C51H64F6N6. The third-order valence-corrected chi connectivity index (χ3v) is 12.4. The first kappa shape index (κ1) is 47.2. The number of hydrogen-bond donors (Lipinski definition) is 4. The maximum absolute atomic E-state index is 15.6.